The van der Waals surface area contributed by atoms with Crippen molar-refractivity contribution in [2.45, 2.75) is 46.8 Å². The molecule has 0 fully saturated rings. The molecule has 13 heavy (non-hydrogen) atoms. The van der Waals surface area contributed by atoms with Gasteiger partial charge in [0.25, 0.3) is 0 Å². The van der Waals surface area contributed by atoms with Gasteiger partial charge in [-0.3, -0.25) is 4.68 Å². The van der Waals surface area contributed by atoms with Crippen molar-refractivity contribution in [3.8, 4) is 0 Å². The Morgan fingerprint density at radius 1 is 1.46 bits per heavy atom. The molecule has 3 nitrogen and oxygen atoms in total. The fraction of sp³-hybridized carbons (Fsp3) is 0.700. The third kappa shape index (κ3) is 2.10. The van der Waals surface area contributed by atoms with Crippen LogP contribution in [0.3, 0.4) is 0 Å². The zero-order valence-corrected chi connectivity index (χ0v) is 8.83. The van der Waals surface area contributed by atoms with E-state index in [0.29, 0.717) is 6.54 Å². The maximum atomic E-state index is 9.24. The first-order chi connectivity index (χ1) is 6.06. The van der Waals surface area contributed by atoms with Gasteiger partial charge in [-0.15, -0.1) is 0 Å². The Kier molecular flexibility index (Phi) is 3.09. The first kappa shape index (κ1) is 10.3. The van der Waals surface area contributed by atoms with Crippen LogP contribution in [0.5, 0.6) is 0 Å². The number of nitrogens with zero attached hydrogens (tertiary/aromatic N) is 2. The van der Waals surface area contributed by atoms with Gasteiger partial charge in [0.1, 0.15) is 0 Å². The summed E-state index contributed by atoms with van der Waals surface area (Å²) in [6.45, 7) is 8.57. The second-order valence-electron chi connectivity index (χ2n) is 3.53. The summed E-state index contributed by atoms with van der Waals surface area (Å²) in [5, 5.41) is 13.6. The topological polar surface area (TPSA) is 38.0 Å². The van der Waals surface area contributed by atoms with Gasteiger partial charge in [-0.25, -0.2) is 0 Å². The molecule has 0 aliphatic rings. The highest BCUT2D eigenvalue weighted by molar-refractivity contribution is 5.24. The minimum absolute atomic E-state index is 0.331. The summed E-state index contributed by atoms with van der Waals surface area (Å²) in [6.07, 6.45) is 0.681. The number of aromatic nitrogens is 2. The van der Waals surface area contributed by atoms with E-state index in [1.165, 1.54) is 11.3 Å². The van der Waals surface area contributed by atoms with Crippen LogP contribution in [0.2, 0.25) is 0 Å². The summed E-state index contributed by atoms with van der Waals surface area (Å²) >= 11 is 0. The van der Waals surface area contributed by atoms with Crippen LogP contribution in [-0.4, -0.2) is 21.0 Å². The smallest absolute Gasteiger partial charge is 0.0708 e. The Bertz CT molecular complexity index is 289. The van der Waals surface area contributed by atoms with Crippen LogP contribution in [0.25, 0.3) is 0 Å². The van der Waals surface area contributed by atoms with Gasteiger partial charge in [0, 0.05) is 5.69 Å². The second kappa shape index (κ2) is 3.92. The Hall–Kier alpha value is -0.830. The van der Waals surface area contributed by atoms with E-state index in [-0.39, 0.29) is 6.10 Å². The molecular formula is C10H18N2O. The van der Waals surface area contributed by atoms with E-state index in [4.69, 9.17) is 0 Å². The normalized spacial score (nSPS) is 13.3. The van der Waals surface area contributed by atoms with Crippen LogP contribution in [0, 0.1) is 13.8 Å². The summed E-state index contributed by atoms with van der Waals surface area (Å²) in [6, 6.07) is 0. The number of aliphatic hydroxyl groups is 1. The van der Waals surface area contributed by atoms with Gasteiger partial charge in [0.2, 0.25) is 0 Å². The highest BCUT2D eigenvalue weighted by Crippen LogP contribution is 2.13. The average Bonchev–Trinajstić information content (AvgIpc) is 2.26. The van der Waals surface area contributed by atoms with E-state index < -0.39 is 0 Å². The van der Waals surface area contributed by atoms with Gasteiger partial charge in [-0.1, -0.05) is 6.92 Å². The van der Waals surface area contributed by atoms with Gasteiger partial charge in [0.15, 0.2) is 0 Å². The molecule has 0 bridgehead atoms. The molecule has 0 saturated carbocycles. The molecule has 0 saturated heterocycles. The molecule has 0 aliphatic carbocycles. The predicted octanol–water partition coefficient (Wildman–Crippen LogP) is 1.44. The quantitative estimate of drug-likeness (QED) is 0.768. The lowest BCUT2D eigenvalue weighted by Gasteiger charge is -2.06. The molecule has 74 valence electrons. The Labute approximate surface area is 79.4 Å². The van der Waals surface area contributed by atoms with Crippen molar-refractivity contribution < 1.29 is 5.11 Å². The maximum Gasteiger partial charge on any atom is 0.0708 e. The van der Waals surface area contributed by atoms with Crippen LogP contribution < -0.4 is 0 Å². The minimum atomic E-state index is -0.331. The average molecular weight is 182 g/mol. The van der Waals surface area contributed by atoms with Crippen molar-refractivity contribution in [1.82, 2.24) is 9.78 Å². The van der Waals surface area contributed by atoms with Gasteiger partial charge >= 0.3 is 0 Å². The lowest BCUT2D eigenvalue weighted by atomic mass is 10.1. The largest absolute Gasteiger partial charge is 0.391 e. The predicted molar refractivity (Wildman–Crippen MR) is 52.8 cm³/mol. The standard InChI is InChI=1S/C10H18N2O/c1-5-10-8(3)11-12(9(10)4)6-7(2)13/h7,13H,5-6H2,1-4H3. The molecule has 1 aromatic heterocycles. The molecule has 0 spiro atoms. The third-order valence-electron chi connectivity index (χ3n) is 2.32. The van der Waals surface area contributed by atoms with E-state index in [9.17, 15) is 5.11 Å². The molecule has 1 unspecified atom stereocenters. The summed E-state index contributed by atoms with van der Waals surface area (Å²) in [4.78, 5) is 0. The molecule has 0 aromatic carbocycles. The SMILES string of the molecule is CCc1c(C)nn(CC(C)O)c1C. The van der Waals surface area contributed by atoms with Gasteiger partial charge in [0.05, 0.1) is 18.3 Å². The first-order valence-electron chi connectivity index (χ1n) is 4.77. The molecule has 1 heterocycles. The van der Waals surface area contributed by atoms with Gasteiger partial charge < -0.3 is 5.11 Å². The summed E-state index contributed by atoms with van der Waals surface area (Å²) in [5.41, 5.74) is 3.57. The zero-order chi connectivity index (χ0) is 10.0. The number of aryl methyl sites for hydroxylation is 1. The van der Waals surface area contributed by atoms with Crippen molar-refractivity contribution in [1.29, 1.82) is 0 Å². The summed E-state index contributed by atoms with van der Waals surface area (Å²) in [7, 11) is 0. The van der Waals surface area contributed by atoms with Crippen LogP contribution in [-0.2, 0) is 13.0 Å². The molecule has 1 atom stereocenters. The number of aliphatic hydroxyl groups excluding tert-OH is 1. The molecule has 0 radical (unpaired) electrons. The molecule has 1 rings (SSSR count). The van der Waals surface area contributed by atoms with Gasteiger partial charge in [-0.05, 0) is 32.8 Å². The van der Waals surface area contributed by atoms with Gasteiger partial charge in [-0.2, -0.15) is 5.10 Å². The molecule has 1 N–H and O–H groups in total. The van der Waals surface area contributed by atoms with Crippen molar-refractivity contribution in [3.63, 3.8) is 0 Å². The monoisotopic (exact) mass is 182 g/mol. The Morgan fingerprint density at radius 2 is 2.08 bits per heavy atom. The van der Waals surface area contributed by atoms with Crippen LogP contribution in [0.4, 0.5) is 0 Å². The zero-order valence-electron chi connectivity index (χ0n) is 8.83. The highest BCUT2D eigenvalue weighted by atomic mass is 16.3. The Balaban J connectivity index is 2.96. The lowest BCUT2D eigenvalue weighted by molar-refractivity contribution is 0.167. The molecule has 0 aliphatic heterocycles. The second-order valence-corrected chi connectivity index (χ2v) is 3.53. The first-order valence-corrected chi connectivity index (χ1v) is 4.77. The molecule has 3 heteroatoms. The van der Waals surface area contributed by atoms with Crippen molar-refractivity contribution in [3.05, 3.63) is 17.0 Å². The van der Waals surface area contributed by atoms with Crippen molar-refractivity contribution >= 4 is 0 Å². The summed E-state index contributed by atoms with van der Waals surface area (Å²) in [5.74, 6) is 0. The fourth-order valence-electron chi connectivity index (χ4n) is 1.67. The van der Waals surface area contributed by atoms with Crippen LogP contribution >= 0.6 is 0 Å². The highest BCUT2D eigenvalue weighted by Gasteiger charge is 2.10. The number of rotatable bonds is 3. The van der Waals surface area contributed by atoms with E-state index in [0.717, 1.165) is 12.1 Å². The third-order valence-corrected chi connectivity index (χ3v) is 2.32. The van der Waals surface area contributed by atoms with Crippen molar-refractivity contribution in [2.24, 2.45) is 0 Å². The van der Waals surface area contributed by atoms with Crippen LogP contribution in [0.1, 0.15) is 30.8 Å². The Morgan fingerprint density at radius 3 is 2.46 bits per heavy atom. The summed E-state index contributed by atoms with van der Waals surface area (Å²) < 4.78 is 1.89. The van der Waals surface area contributed by atoms with Crippen molar-refractivity contribution in [2.75, 3.05) is 0 Å². The van der Waals surface area contributed by atoms with E-state index in [2.05, 4.69) is 18.9 Å². The molecule has 0 amide bonds. The van der Waals surface area contributed by atoms with Crippen LogP contribution in [0.15, 0.2) is 0 Å². The molecular weight excluding hydrogens is 164 g/mol. The number of hydrogen-bond donors (Lipinski definition) is 1. The fourth-order valence-corrected chi connectivity index (χ4v) is 1.67. The minimum Gasteiger partial charge on any atom is -0.391 e. The van der Waals surface area contributed by atoms with E-state index >= 15 is 0 Å². The lowest BCUT2D eigenvalue weighted by Crippen LogP contribution is -2.14. The maximum absolute atomic E-state index is 9.24. The van der Waals surface area contributed by atoms with E-state index in [1.807, 2.05) is 11.6 Å². The van der Waals surface area contributed by atoms with E-state index in [1.54, 1.807) is 6.92 Å². The molecule has 1 aromatic rings. The number of hydrogen-bond acceptors (Lipinski definition) is 2.